The first-order valence-electron chi connectivity index (χ1n) is 22.2. The van der Waals surface area contributed by atoms with Crippen molar-refractivity contribution in [3.8, 4) is 0 Å². The van der Waals surface area contributed by atoms with Crippen molar-refractivity contribution in [1.29, 1.82) is 0 Å². The summed E-state index contributed by atoms with van der Waals surface area (Å²) in [5.41, 5.74) is 0. The van der Waals surface area contributed by atoms with Crippen LogP contribution in [0.15, 0.2) is 60.9 Å². The van der Waals surface area contributed by atoms with Crippen LogP contribution in [0, 0.1) is 0 Å². The standard InChI is InChI=1S/C46H84NO9P/c1-6-8-10-12-14-16-18-20-21-22-23-25-27-29-31-33-39-53-43(42-56-57(51,52)55-40-38-47(3,4)5)41-54-46(50)37-34-36-45(49)44(48)35-32-30-28-26-24-19-17-15-13-11-9-7-2/h15,17,20-21,24,26,30,32-33,39,43-45,48-49H,6-14,16,18-19,22-23,25,27-29,31,34-38,40-42H2,1-5H3/b17-15-,21-20-,26-24-,32-30-,39-33+/t43-,44?,45?/m1/s1. The van der Waals surface area contributed by atoms with Crippen LogP contribution < -0.4 is 4.89 Å². The Hall–Kier alpha value is -2.04. The van der Waals surface area contributed by atoms with Gasteiger partial charge in [0.1, 0.15) is 19.8 Å². The van der Waals surface area contributed by atoms with Gasteiger partial charge in [-0.1, -0.05) is 120 Å². The average molecular weight is 826 g/mol. The quantitative estimate of drug-likeness (QED) is 0.0155. The maximum atomic E-state index is 12.5. The maximum absolute atomic E-state index is 12.5. The molecule has 0 saturated heterocycles. The zero-order chi connectivity index (χ0) is 42.3. The Bertz CT molecular complexity index is 1130. The van der Waals surface area contributed by atoms with E-state index in [-0.39, 0.29) is 32.7 Å². The fourth-order valence-electron chi connectivity index (χ4n) is 5.63. The van der Waals surface area contributed by atoms with Crippen molar-refractivity contribution in [2.45, 2.75) is 180 Å². The lowest BCUT2D eigenvalue weighted by molar-refractivity contribution is -0.870. The van der Waals surface area contributed by atoms with E-state index in [1.807, 2.05) is 39.4 Å². The second kappa shape index (κ2) is 38.2. The van der Waals surface area contributed by atoms with E-state index in [1.54, 1.807) is 0 Å². The smallest absolute Gasteiger partial charge is 0.305 e. The Morgan fingerprint density at radius 1 is 0.649 bits per heavy atom. The van der Waals surface area contributed by atoms with Crippen LogP contribution >= 0.6 is 7.82 Å². The molecule has 0 fully saturated rings. The molecule has 2 N–H and O–H groups in total. The fraction of sp³-hybridized carbons (Fsp3) is 0.761. The van der Waals surface area contributed by atoms with E-state index >= 15 is 0 Å². The number of aliphatic hydroxyl groups excluding tert-OH is 2. The van der Waals surface area contributed by atoms with Crippen molar-refractivity contribution in [2.75, 3.05) is 47.5 Å². The molecule has 0 bridgehead atoms. The van der Waals surface area contributed by atoms with Crippen molar-refractivity contribution in [2.24, 2.45) is 0 Å². The van der Waals surface area contributed by atoms with Gasteiger partial charge in [-0.15, -0.1) is 0 Å². The summed E-state index contributed by atoms with van der Waals surface area (Å²) in [5.74, 6) is -0.515. The zero-order valence-corrected chi connectivity index (χ0v) is 37.6. The molecule has 0 aromatic rings. The maximum Gasteiger partial charge on any atom is 0.305 e. The first-order valence-corrected chi connectivity index (χ1v) is 23.7. The van der Waals surface area contributed by atoms with E-state index in [9.17, 15) is 24.5 Å². The highest BCUT2D eigenvalue weighted by Gasteiger charge is 2.20. The Labute approximate surface area is 348 Å². The number of likely N-dealkylation sites (N-methyl/N-ethyl adjacent to an activating group) is 1. The molecule has 0 aliphatic rings. The molecule has 0 radical (unpaired) electrons. The summed E-state index contributed by atoms with van der Waals surface area (Å²) in [4.78, 5) is 24.9. The van der Waals surface area contributed by atoms with Crippen LogP contribution in [0.5, 0.6) is 0 Å². The molecule has 0 rings (SSSR count). The molecule has 3 unspecified atom stereocenters. The molecule has 57 heavy (non-hydrogen) atoms. The van der Waals surface area contributed by atoms with Crippen molar-refractivity contribution in [1.82, 2.24) is 0 Å². The molecule has 0 aliphatic carbocycles. The summed E-state index contributed by atoms with van der Waals surface area (Å²) in [5, 5.41) is 20.7. The van der Waals surface area contributed by atoms with E-state index in [1.165, 1.54) is 76.9 Å². The normalized spacial score (nSPS) is 15.4. The third-order valence-electron chi connectivity index (χ3n) is 9.33. The van der Waals surface area contributed by atoms with Gasteiger partial charge < -0.3 is 38.1 Å². The molecule has 0 aromatic heterocycles. The predicted octanol–water partition coefficient (Wildman–Crippen LogP) is 10.6. The highest BCUT2D eigenvalue weighted by molar-refractivity contribution is 7.45. The van der Waals surface area contributed by atoms with Gasteiger partial charge in [0.05, 0.1) is 46.2 Å². The molecule has 10 nitrogen and oxygen atoms in total. The number of carbonyl (C=O) groups excluding carboxylic acids is 1. The topological polar surface area (TPSA) is 135 Å². The Morgan fingerprint density at radius 2 is 1.16 bits per heavy atom. The van der Waals surface area contributed by atoms with E-state index in [0.29, 0.717) is 23.9 Å². The van der Waals surface area contributed by atoms with Gasteiger partial charge in [0.15, 0.2) is 6.10 Å². The SMILES string of the molecule is CCCCC/C=C\C/C=C\C/C=C\CC(O)C(O)CCCC(=O)OC[C@H](COP(=O)([O-])OCC[N+](C)(C)C)O/C=C/CCCCCC/C=C\CCCCCCCC. The summed E-state index contributed by atoms with van der Waals surface area (Å²) in [6.45, 7) is 4.32. The second-order valence-electron chi connectivity index (χ2n) is 16.1. The largest absolute Gasteiger partial charge is 0.756 e. The zero-order valence-electron chi connectivity index (χ0n) is 36.7. The number of hydrogen-bond acceptors (Lipinski definition) is 9. The first-order chi connectivity index (χ1) is 27.4. The molecule has 0 saturated carbocycles. The number of ether oxygens (including phenoxy) is 2. The lowest BCUT2D eigenvalue weighted by Crippen LogP contribution is -2.37. The molecule has 0 amide bonds. The van der Waals surface area contributed by atoms with Gasteiger partial charge >= 0.3 is 5.97 Å². The summed E-state index contributed by atoms with van der Waals surface area (Å²) in [6, 6.07) is 0. The number of aliphatic hydroxyl groups is 2. The van der Waals surface area contributed by atoms with Crippen molar-refractivity contribution in [3.63, 3.8) is 0 Å². The number of hydrogen-bond donors (Lipinski definition) is 2. The highest BCUT2D eigenvalue weighted by atomic mass is 31.2. The number of unbranched alkanes of at least 4 members (excludes halogenated alkanes) is 14. The van der Waals surface area contributed by atoms with Crippen LogP contribution in [-0.2, 0) is 27.9 Å². The average Bonchev–Trinajstić information content (AvgIpc) is 3.16. The molecule has 11 heteroatoms. The molecule has 332 valence electrons. The Kier molecular flexibility index (Phi) is 36.8. The van der Waals surface area contributed by atoms with Gasteiger partial charge in [-0.25, -0.2) is 0 Å². The van der Waals surface area contributed by atoms with Gasteiger partial charge in [0.2, 0.25) is 0 Å². The molecular formula is C46H84NO9P. The van der Waals surface area contributed by atoms with E-state index in [2.05, 4.69) is 50.3 Å². The van der Waals surface area contributed by atoms with Crippen LogP contribution in [0.2, 0.25) is 0 Å². The van der Waals surface area contributed by atoms with Crippen molar-refractivity contribution >= 4 is 13.8 Å². The van der Waals surface area contributed by atoms with E-state index < -0.39 is 32.1 Å². The Morgan fingerprint density at radius 3 is 1.77 bits per heavy atom. The molecule has 0 aliphatic heterocycles. The van der Waals surface area contributed by atoms with Crippen molar-refractivity contribution in [3.05, 3.63) is 60.9 Å². The predicted molar refractivity (Wildman–Crippen MR) is 233 cm³/mol. The monoisotopic (exact) mass is 826 g/mol. The molecular weight excluding hydrogens is 741 g/mol. The van der Waals surface area contributed by atoms with Crippen LogP contribution in [-0.4, -0.2) is 86.5 Å². The number of nitrogens with zero attached hydrogens (tertiary/aromatic N) is 1. The minimum atomic E-state index is -4.59. The van der Waals surface area contributed by atoms with E-state index in [4.69, 9.17) is 18.5 Å². The summed E-state index contributed by atoms with van der Waals surface area (Å²) < 4.78 is 34.1. The van der Waals surface area contributed by atoms with Crippen LogP contribution in [0.1, 0.15) is 162 Å². The van der Waals surface area contributed by atoms with Gasteiger partial charge in [0, 0.05) is 6.42 Å². The molecule has 0 aromatic carbocycles. The number of phosphoric ester groups is 1. The van der Waals surface area contributed by atoms with Crippen LogP contribution in [0.3, 0.4) is 0 Å². The Balaban J connectivity index is 4.55. The lowest BCUT2D eigenvalue weighted by atomic mass is 10.0. The molecule has 4 atom stereocenters. The van der Waals surface area contributed by atoms with Gasteiger partial charge in [-0.3, -0.25) is 9.36 Å². The number of phosphoric acid groups is 1. The summed E-state index contributed by atoms with van der Waals surface area (Å²) >= 11 is 0. The number of esters is 1. The minimum Gasteiger partial charge on any atom is -0.756 e. The number of allylic oxidation sites excluding steroid dienone is 8. The molecule has 0 heterocycles. The van der Waals surface area contributed by atoms with E-state index in [0.717, 1.165) is 51.4 Å². The van der Waals surface area contributed by atoms with Crippen LogP contribution in [0.25, 0.3) is 0 Å². The highest BCUT2D eigenvalue weighted by Crippen LogP contribution is 2.38. The third-order valence-corrected chi connectivity index (χ3v) is 10.3. The minimum absolute atomic E-state index is 0.0221. The van der Waals surface area contributed by atoms with Gasteiger partial charge in [-0.05, 0) is 89.5 Å². The van der Waals surface area contributed by atoms with Crippen molar-refractivity contribution < 1.29 is 47.5 Å². The third kappa shape index (κ3) is 40.5. The lowest BCUT2D eigenvalue weighted by Gasteiger charge is -2.28. The fourth-order valence-corrected chi connectivity index (χ4v) is 6.36. The number of carbonyl (C=O) groups is 1. The van der Waals surface area contributed by atoms with Crippen LogP contribution in [0.4, 0.5) is 0 Å². The van der Waals surface area contributed by atoms with Gasteiger partial charge in [-0.2, -0.15) is 0 Å². The molecule has 0 spiro atoms. The van der Waals surface area contributed by atoms with Gasteiger partial charge in [0.25, 0.3) is 7.82 Å². The number of rotatable bonds is 40. The summed E-state index contributed by atoms with van der Waals surface area (Å²) in [6.07, 6.45) is 40.8. The number of quaternary nitrogens is 1. The first kappa shape index (κ1) is 55.0. The second-order valence-corrected chi connectivity index (χ2v) is 17.5. The summed E-state index contributed by atoms with van der Waals surface area (Å²) in [7, 11) is 1.20.